The molecule has 0 aliphatic carbocycles. The van der Waals surface area contributed by atoms with Crippen LogP contribution in [0.25, 0.3) is 0 Å². The van der Waals surface area contributed by atoms with E-state index in [0.29, 0.717) is 0 Å². The molecule has 116 valence electrons. The number of nitrogens with zero attached hydrogens (tertiary/aromatic N) is 2. The lowest BCUT2D eigenvalue weighted by atomic mass is 9.81. The van der Waals surface area contributed by atoms with Gasteiger partial charge in [-0.15, -0.1) is 0 Å². The summed E-state index contributed by atoms with van der Waals surface area (Å²) in [5, 5.41) is 0. The third-order valence-corrected chi connectivity index (χ3v) is 5.86. The Hall–Kier alpha value is -0.900. The van der Waals surface area contributed by atoms with E-state index >= 15 is 0 Å². The summed E-state index contributed by atoms with van der Waals surface area (Å²) in [6.07, 6.45) is 5.17. The molecule has 2 aliphatic heterocycles. The summed E-state index contributed by atoms with van der Waals surface area (Å²) < 4.78 is 0. The van der Waals surface area contributed by atoms with Crippen molar-refractivity contribution in [2.45, 2.75) is 56.8 Å². The average molecular weight is 287 g/mol. The molecule has 3 heteroatoms. The highest BCUT2D eigenvalue weighted by atomic mass is 15.3. The Balaban J connectivity index is 1.80. The maximum absolute atomic E-state index is 6.31. The maximum Gasteiger partial charge on any atom is 0.0364 e. The molecule has 1 aromatic carbocycles. The SMILES string of the molecule is CCN(Cc1ccccc1)C1(CN)CC2CCC(C1)N2C. The summed E-state index contributed by atoms with van der Waals surface area (Å²) >= 11 is 0. The fourth-order valence-corrected chi connectivity index (χ4v) is 4.52. The van der Waals surface area contributed by atoms with Crippen molar-refractivity contribution in [2.75, 3.05) is 20.1 Å². The zero-order valence-corrected chi connectivity index (χ0v) is 13.5. The van der Waals surface area contributed by atoms with E-state index in [2.05, 4.69) is 54.1 Å². The van der Waals surface area contributed by atoms with E-state index in [9.17, 15) is 0 Å². The zero-order valence-electron chi connectivity index (χ0n) is 13.5. The molecule has 1 aromatic rings. The molecule has 2 bridgehead atoms. The molecule has 2 aliphatic rings. The largest absolute Gasteiger partial charge is 0.329 e. The Morgan fingerprint density at radius 3 is 2.33 bits per heavy atom. The lowest BCUT2D eigenvalue weighted by Gasteiger charge is -2.51. The Bertz CT molecular complexity index is 445. The molecule has 3 nitrogen and oxygen atoms in total. The molecular weight excluding hydrogens is 258 g/mol. The summed E-state index contributed by atoms with van der Waals surface area (Å²) in [6.45, 7) is 5.17. The molecule has 0 aromatic heterocycles. The van der Waals surface area contributed by atoms with Crippen LogP contribution in [0.15, 0.2) is 30.3 Å². The van der Waals surface area contributed by atoms with Gasteiger partial charge in [0.25, 0.3) is 0 Å². The summed E-state index contributed by atoms with van der Waals surface area (Å²) in [5.74, 6) is 0. The number of hydrogen-bond acceptors (Lipinski definition) is 3. The van der Waals surface area contributed by atoms with Gasteiger partial charge >= 0.3 is 0 Å². The quantitative estimate of drug-likeness (QED) is 0.903. The molecule has 2 heterocycles. The van der Waals surface area contributed by atoms with Crippen molar-refractivity contribution < 1.29 is 0 Å². The van der Waals surface area contributed by atoms with Crippen LogP contribution in [-0.2, 0) is 6.54 Å². The number of hydrogen-bond donors (Lipinski definition) is 1. The first-order valence-corrected chi connectivity index (χ1v) is 8.39. The first-order valence-electron chi connectivity index (χ1n) is 8.39. The van der Waals surface area contributed by atoms with E-state index in [1.54, 1.807) is 0 Å². The van der Waals surface area contributed by atoms with E-state index in [1.165, 1.54) is 31.2 Å². The monoisotopic (exact) mass is 287 g/mol. The second-order valence-corrected chi connectivity index (χ2v) is 6.89. The second-order valence-electron chi connectivity index (χ2n) is 6.89. The van der Waals surface area contributed by atoms with Crippen molar-refractivity contribution >= 4 is 0 Å². The predicted octanol–water partition coefficient (Wildman–Crippen LogP) is 2.46. The fraction of sp³-hybridized carbons (Fsp3) is 0.667. The molecule has 0 saturated carbocycles. The third kappa shape index (κ3) is 2.75. The second kappa shape index (κ2) is 6.07. The van der Waals surface area contributed by atoms with Gasteiger partial charge < -0.3 is 10.6 Å². The van der Waals surface area contributed by atoms with E-state index in [1.807, 2.05) is 0 Å². The van der Waals surface area contributed by atoms with Crippen molar-refractivity contribution in [3.63, 3.8) is 0 Å². The normalized spacial score (nSPS) is 32.8. The van der Waals surface area contributed by atoms with Gasteiger partial charge in [0, 0.05) is 30.7 Å². The van der Waals surface area contributed by atoms with E-state index in [-0.39, 0.29) is 5.54 Å². The number of fused-ring (bicyclic) bond motifs is 2. The van der Waals surface area contributed by atoms with Crippen LogP contribution in [0.5, 0.6) is 0 Å². The summed E-state index contributed by atoms with van der Waals surface area (Å²) in [6, 6.07) is 12.3. The van der Waals surface area contributed by atoms with Crippen LogP contribution in [0.1, 0.15) is 38.2 Å². The van der Waals surface area contributed by atoms with Crippen LogP contribution in [0.4, 0.5) is 0 Å². The molecule has 2 N–H and O–H groups in total. The standard InChI is InChI=1S/C18H29N3/c1-3-21(13-15-7-5-4-6-8-15)18(14-19)11-16-9-10-17(12-18)20(16)2/h4-8,16-17H,3,9-14,19H2,1-2H3. The van der Waals surface area contributed by atoms with Crippen molar-refractivity contribution in [1.29, 1.82) is 0 Å². The zero-order chi connectivity index (χ0) is 14.9. The van der Waals surface area contributed by atoms with Gasteiger partial charge in [-0.1, -0.05) is 37.3 Å². The highest BCUT2D eigenvalue weighted by molar-refractivity contribution is 5.16. The highest BCUT2D eigenvalue weighted by Gasteiger charge is 2.48. The minimum atomic E-state index is 0.197. The lowest BCUT2D eigenvalue weighted by molar-refractivity contribution is -0.00124. The third-order valence-electron chi connectivity index (χ3n) is 5.86. The molecule has 2 fully saturated rings. The van der Waals surface area contributed by atoms with Crippen molar-refractivity contribution in [1.82, 2.24) is 9.80 Å². The molecule has 2 saturated heterocycles. The van der Waals surface area contributed by atoms with Crippen LogP contribution in [0.2, 0.25) is 0 Å². The Morgan fingerprint density at radius 1 is 1.19 bits per heavy atom. The van der Waals surface area contributed by atoms with E-state index in [0.717, 1.165) is 31.7 Å². The molecule has 21 heavy (non-hydrogen) atoms. The molecule has 3 rings (SSSR count). The van der Waals surface area contributed by atoms with Gasteiger partial charge in [0.15, 0.2) is 0 Å². The summed E-state index contributed by atoms with van der Waals surface area (Å²) in [5.41, 5.74) is 7.90. The minimum absolute atomic E-state index is 0.197. The Kier molecular flexibility index (Phi) is 4.34. The average Bonchev–Trinajstić information content (AvgIpc) is 2.76. The fourth-order valence-electron chi connectivity index (χ4n) is 4.52. The topological polar surface area (TPSA) is 32.5 Å². The van der Waals surface area contributed by atoms with Gasteiger partial charge in [0.2, 0.25) is 0 Å². The number of likely N-dealkylation sites (N-methyl/N-ethyl adjacent to an activating group) is 1. The Morgan fingerprint density at radius 2 is 1.81 bits per heavy atom. The number of rotatable bonds is 5. The smallest absolute Gasteiger partial charge is 0.0364 e. The number of piperidine rings is 1. The van der Waals surface area contributed by atoms with Gasteiger partial charge in [0.05, 0.1) is 0 Å². The first kappa shape index (κ1) is 15.0. The highest BCUT2D eigenvalue weighted by Crippen LogP contribution is 2.42. The molecule has 0 spiro atoms. The van der Waals surface area contributed by atoms with E-state index < -0.39 is 0 Å². The summed E-state index contributed by atoms with van der Waals surface area (Å²) in [4.78, 5) is 5.24. The van der Waals surface area contributed by atoms with Crippen LogP contribution in [0, 0.1) is 0 Å². The van der Waals surface area contributed by atoms with Crippen LogP contribution in [0.3, 0.4) is 0 Å². The van der Waals surface area contributed by atoms with Crippen molar-refractivity contribution in [2.24, 2.45) is 5.73 Å². The predicted molar refractivity (Wildman–Crippen MR) is 88.1 cm³/mol. The molecule has 2 unspecified atom stereocenters. The molecule has 0 amide bonds. The van der Waals surface area contributed by atoms with Gasteiger partial charge in [-0.3, -0.25) is 4.90 Å². The van der Waals surface area contributed by atoms with Gasteiger partial charge in [-0.25, -0.2) is 0 Å². The number of benzene rings is 1. The summed E-state index contributed by atoms with van der Waals surface area (Å²) in [7, 11) is 2.30. The van der Waals surface area contributed by atoms with Gasteiger partial charge in [0.1, 0.15) is 0 Å². The van der Waals surface area contributed by atoms with E-state index in [4.69, 9.17) is 5.73 Å². The molecule has 2 atom stereocenters. The molecular formula is C18H29N3. The lowest BCUT2D eigenvalue weighted by Crippen LogP contribution is -2.61. The molecule has 0 radical (unpaired) electrons. The van der Waals surface area contributed by atoms with Crippen LogP contribution < -0.4 is 5.73 Å². The first-order chi connectivity index (χ1) is 10.2. The Labute approximate surface area is 129 Å². The van der Waals surface area contributed by atoms with Crippen LogP contribution in [-0.4, -0.2) is 47.6 Å². The van der Waals surface area contributed by atoms with Crippen LogP contribution >= 0.6 is 0 Å². The number of nitrogens with two attached hydrogens (primary N) is 1. The van der Waals surface area contributed by atoms with Crippen molar-refractivity contribution in [3.8, 4) is 0 Å². The van der Waals surface area contributed by atoms with Gasteiger partial charge in [-0.2, -0.15) is 0 Å². The van der Waals surface area contributed by atoms with Crippen molar-refractivity contribution in [3.05, 3.63) is 35.9 Å². The maximum atomic E-state index is 6.31. The van der Waals surface area contributed by atoms with Gasteiger partial charge in [-0.05, 0) is 44.8 Å². The minimum Gasteiger partial charge on any atom is -0.329 e.